The fourth-order valence-corrected chi connectivity index (χ4v) is 3.50. The van der Waals surface area contributed by atoms with Crippen LogP contribution in [0.2, 0.25) is 0 Å². The summed E-state index contributed by atoms with van der Waals surface area (Å²) in [7, 11) is 0. The van der Waals surface area contributed by atoms with E-state index >= 15 is 0 Å². The highest BCUT2D eigenvalue weighted by molar-refractivity contribution is 7.99. The van der Waals surface area contributed by atoms with Crippen molar-refractivity contribution in [3.05, 3.63) is 53.7 Å². The summed E-state index contributed by atoms with van der Waals surface area (Å²) in [6, 6.07) is 8.31. The molecule has 0 atom stereocenters. The van der Waals surface area contributed by atoms with Gasteiger partial charge in [0.2, 0.25) is 0 Å². The maximum atomic E-state index is 13.7. The van der Waals surface area contributed by atoms with Crippen LogP contribution >= 0.6 is 11.8 Å². The van der Waals surface area contributed by atoms with Gasteiger partial charge >= 0.3 is 6.09 Å². The second-order valence-corrected chi connectivity index (χ2v) is 7.38. The van der Waals surface area contributed by atoms with Crippen molar-refractivity contribution >= 4 is 23.5 Å². The standard InChI is InChI=1S/C19H21FN4O2S/c1-4-21-19(25)26-11-13-9-14(20)5-7-16(13)27-15-6-8-17-22-23-18(12(2)3)24(17)10-15/h5-10,12H,4,11H2,1-3H3,(H,21,25). The Morgan fingerprint density at radius 2 is 2.11 bits per heavy atom. The second-order valence-electron chi connectivity index (χ2n) is 6.27. The average Bonchev–Trinajstić information content (AvgIpc) is 3.05. The van der Waals surface area contributed by atoms with Crippen LogP contribution in [-0.4, -0.2) is 27.2 Å². The van der Waals surface area contributed by atoms with Gasteiger partial charge in [0.15, 0.2) is 5.65 Å². The number of hydrogen-bond acceptors (Lipinski definition) is 5. The molecular weight excluding hydrogens is 367 g/mol. The van der Waals surface area contributed by atoms with E-state index in [1.807, 2.05) is 22.7 Å². The maximum absolute atomic E-state index is 13.7. The van der Waals surface area contributed by atoms with Crippen molar-refractivity contribution in [3.8, 4) is 0 Å². The highest BCUT2D eigenvalue weighted by atomic mass is 32.2. The van der Waals surface area contributed by atoms with E-state index in [0.717, 1.165) is 21.3 Å². The molecule has 0 bridgehead atoms. The van der Waals surface area contributed by atoms with Crippen LogP contribution in [0.3, 0.4) is 0 Å². The van der Waals surface area contributed by atoms with E-state index in [-0.39, 0.29) is 18.3 Å². The SMILES string of the molecule is CCNC(=O)OCc1cc(F)ccc1Sc1ccc2nnc(C(C)C)n2c1. The Balaban J connectivity index is 1.85. The van der Waals surface area contributed by atoms with Gasteiger partial charge < -0.3 is 10.1 Å². The summed E-state index contributed by atoms with van der Waals surface area (Å²) >= 11 is 1.47. The lowest BCUT2D eigenvalue weighted by Gasteiger charge is -2.11. The molecule has 27 heavy (non-hydrogen) atoms. The molecule has 3 rings (SSSR count). The zero-order chi connectivity index (χ0) is 19.4. The van der Waals surface area contributed by atoms with Gasteiger partial charge in [-0.15, -0.1) is 10.2 Å². The Kier molecular flexibility index (Phi) is 5.95. The normalized spacial score (nSPS) is 11.1. The largest absolute Gasteiger partial charge is 0.445 e. The summed E-state index contributed by atoms with van der Waals surface area (Å²) in [6.07, 6.45) is 1.44. The number of nitrogens with zero attached hydrogens (tertiary/aromatic N) is 3. The topological polar surface area (TPSA) is 68.5 Å². The van der Waals surface area contributed by atoms with E-state index in [0.29, 0.717) is 12.1 Å². The summed E-state index contributed by atoms with van der Waals surface area (Å²) in [6.45, 7) is 6.40. The first-order valence-electron chi connectivity index (χ1n) is 8.69. The summed E-state index contributed by atoms with van der Waals surface area (Å²) in [5, 5.41) is 11.0. The fraction of sp³-hybridized carbons (Fsp3) is 0.316. The van der Waals surface area contributed by atoms with Gasteiger partial charge in [0.25, 0.3) is 0 Å². The predicted molar refractivity (Wildman–Crippen MR) is 101 cm³/mol. The second kappa shape index (κ2) is 8.39. The molecule has 0 spiro atoms. The van der Waals surface area contributed by atoms with Crippen LogP contribution in [0.15, 0.2) is 46.3 Å². The minimum absolute atomic E-state index is 0.00194. The van der Waals surface area contributed by atoms with Gasteiger partial charge in [0.05, 0.1) is 0 Å². The molecule has 2 aromatic heterocycles. The van der Waals surface area contributed by atoms with Crippen molar-refractivity contribution in [2.24, 2.45) is 0 Å². The van der Waals surface area contributed by atoms with E-state index in [1.54, 1.807) is 13.0 Å². The van der Waals surface area contributed by atoms with Gasteiger partial charge in [-0.2, -0.15) is 0 Å². The predicted octanol–water partition coefficient (Wildman–Crippen LogP) is 4.39. The molecule has 8 heteroatoms. The smallest absolute Gasteiger partial charge is 0.407 e. The van der Waals surface area contributed by atoms with Crippen LogP contribution in [0.1, 0.15) is 38.1 Å². The average molecular weight is 388 g/mol. The van der Waals surface area contributed by atoms with E-state index in [2.05, 4.69) is 29.4 Å². The van der Waals surface area contributed by atoms with Crippen molar-refractivity contribution in [1.29, 1.82) is 0 Å². The maximum Gasteiger partial charge on any atom is 0.407 e. The number of carbonyl (C=O) groups is 1. The lowest BCUT2D eigenvalue weighted by Crippen LogP contribution is -2.23. The van der Waals surface area contributed by atoms with Gasteiger partial charge in [0.1, 0.15) is 18.2 Å². The summed E-state index contributed by atoms with van der Waals surface area (Å²) < 4.78 is 20.8. The van der Waals surface area contributed by atoms with Crippen molar-refractivity contribution < 1.29 is 13.9 Å². The quantitative estimate of drug-likeness (QED) is 0.678. The highest BCUT2D eigenvalue weighted by Crippen LogP contribution is 2.32. The van der Waals surface area contributed by atoms with Gasteiger partial charge in [-0.1, -0.05) is 25.6 Å². The molecule has 1 N–H and O–H groups in total. The van der Waals surface area contributed by atoms with Crippen LogP contribution in [0.5, 0.6) is 0 Å². The monoisotopic (exact) mass is 388 g/mol. The first kappa shape index (κ1) is 19.2. The first-order valence-corrected chi connectivity index (χ1v) is 9.51. The van der Waals surface area contributed by atoms with Crippen molar-refractivity contribution in [1.82, 2.24) is 19.9 Å². The lowest BCUT2D eigenvalue weighted by atomic mass is 10.2. The zero-order valence-corrected chi connectivity index (χ0v) is 16.2. The Labute approximate surface area is 161 Å². The van der Waals surface area contributed by atoms with Crippen molar-refractivity contribution in [2.45, 2.75) is 43.1 Å². The molecule has 2 heterocycles. The Hall–Kier alpha value is -2.61. The van der Waals surface area contributed by atoms with Gasteiger partial charge in [-0.25, -0.2) is 9.18 Å². The fourth-order valence-electron chi connectivity index (χ4n) is 2.57. The number of aromatic nitrogens is 3. The number of alkyl carbamates (subject to hydrolysis) is 1. The lowest BCUT2D eigenvalue weighted by molar-refractivity contribution is 0.139. The minimum atomic E-state index is -0.523. The van der Waals surface area contributed by atoms with Crippen LogP contribution in [0, 0.1) is 5.82 Å². The third-order valence-electron chi connectivity index (χ3n) is 3.85. The number of halogens is 1. The summed E-state index contributed by atoms with van der Waals surface area (Å²) in [4.78, 5) is 13.3. The zero-order valence-electron chi connectivity index (χ0n) is 15.4. The number of hydrogen-bond donors (Lipinski definition) is 1. The van der Waals surface area contributed by atoms with E-state index < -0.39 is 6.09 Å². The van der Waals surface area contributed by atoms with Gasteiger partial charge in [0, 0.05) is 34.0 Å². The summed E-state index contributed by atoms with van der Waals surface area (Å²) in [5.74, 6) is 0.753. The molecular formula is C19H21FN4O2S. The molecule has 142 valence electrons. The summed E-state index contributed by atoms with van der Waals surface area (Å²) in [5.41, 5.74) is 1.39. The van der Waals surface area contributed by atoms with Crippen LogP contribution in [0.4, 0.5) is 9.18 Å². The molecule has 3 aromatic rings. The molecule has 0 aliphatic heterocycles. The Bertz CT molecular complexity index is 958. The van der Waals surface area contributed by atoms with Crippen molar-refractivity contribution in [3.63, 3.8) is 0 Å². The first-order chi connectivity index (χ1) is 13.0. The van der Waals surface area contributed by atoms with Gasteiger partial charge in [-0.3, -0.25) is 4.40 Å². The van der Waals surface area contributed by atoms with Crippen LogP contribution < -0.4 is 5.32 Å². The number of ether oxygens (including phenoxy) is 1. The number of rotatable bonds is 6. The molecule has 0 aliphatic carbocycles. The van der Waals surface area contributed by atoms with E-state index in [1.165, 1.54) is 23.9 Å². The van der Waals surface area contributed by atoms with Gasteiger partial charge in [-0.05, 0) is 37.3 Å². The number of fused-ring (bicyclic) bond motifs is 1. The molecule has 1 amide bonds. The van der Waals surface area contributed by atoms with E-state index in [9.17, 15) is 9.18 Å². The highest BCUT2D eigenvalue weighted by Gasteiger charge is 2.12. The molecule has 1 aromatic carbocycles. The number of benzene rings is 1. The molecule has 0 aliphatic rings. The molecule has 0 fully saturated rings. The molecule has 0 unspecified atom stereocenters. The minimum Gasteiger partial charge on any atom is -0.445 e. The molecule has 6 nitrogen and oxygen atoms in total. The Morgan fingerprint density at radius 1 is 1.30 bits per heavy atom. The molecule has 0 saturated heterocycles. The van der Waals surface area contributed by atoms with E-state index in [4.69, 9.17) is 4.74 Å². The Morgan fingerprint density at radius 3 is 2.85 bits per heavy atom. The van der Waals surface area contributed by atoms with Crippen molar-refractivity contribution in [2.75, 3.05) is 6.54 Å². The van der Waals surface area contributed by atoms with Crippen LogP contribution in [-0.2, 0) is 11.3 Å². The number of carbonyl (C=O) groups excluding carboxylic acids is 1. The number of nitrogens with one attached hydrogen (secondary N) is 1. The third kappa shape index (κ3) is 4.57. The molecule has 0 radical (unpaired) electrons. The van der Waals surface area contributed by atoms with Crippen LogP contribution in [0.25, 0.3) is 5.65 Å². The number of pyridine rings is 1. The molecule has 0 saturated carbocycles. The third-order valence-corrected chi connectivity index (χ3v) is 4.94. The number of amides is 1.